The van der Waals surface area contributed by atoms with E-state index < -0.39 is 22.1 Å². The Hall–Kier alpha value is -5.06. The van der Waals surface area contributed by atoms with Crippen LogP contribution < -0.4 is 25.5 Å². The summed E-state index contributed by atoms with van der Waals surface area (Å²) in [7, 11) is 0. The van der Waals surface area contributed by atoms with Crippen LogP contribution in [0.15, 0.2) is 69.9 Å². The summed E-state index contributed by atoms with van der Waals surface area (Å²) in [5.41, 5.74) is 0.478. The Morgan fingerprint density at radius 1 is 0.941 bits per heavy atom. The van der Waals surface area contributed by atoms with E-state index in [-0.39, 0.29) is 34.9 Å². The van der Waals surface area contributed by atoms with Crippen molar-refractivity contribution < 1.29 is 28.7 Å². The number of rotatable bonds is 4. The fourth-order valence-electron chi connectivity index (χ4n) is 3.46. The van der Waals surface area contributed by atoms with Gasteiger partial charge in [-0.05, 0) is 48.5 Å². The molecule has 170 valence electrons. The molecule has 0 fully saturated rings. The number of hydrogen-bond donors (Lipinski definition) is 3. The van der Waals surface area contributed by atoms with Crippen molar-refractivity contribution in [3.05, 3.63) is 81.0 Å². The number of aromatic hydroxyl groups is 1. The van der Waals surface area contributed by atoms with E-state index in [0.717, 1.165) is 0 Å². The molecule has 11 nitrogen and oxygen atoms in total. The number of ether oxygens (including phenoxy) is 2. The van der Waals surface area contributed by atoms with Crippen LogP contribution in [0.3, 0.4) is 0 Å². The first-order valence-electron chi connectivity index (χ1n) is 9.91. The summed E-state index contributed by atoms with van der Waals surface area (Å²) in [5, 5.41) is 26.4. The topological polar surface area (TPSA) is 153 Å². The number of urea groups is 1. The standard InChI is InChI=1S/C23H15N3O8/c27-20-16-10-14(25-23(29)24-13-2-5-15(6-3-13)26(30)31)4-8-17(16)34-22(21(20)28)12-1-7-18-19(9-12)33-11-32-18/h1-10,28H,11H2,(H2,24,25,29). The number of nitrogens with one attached hydrogen (secondary N) is 2. The van der Waals surface area contributed by atoms with Gasteiger partial charge in [0.1, 0.15) is 5.58 Å². The first-order chi connectivity index (χ1) is 16.4. The number of nitro groups is 1. The van der Waals surface area contributed by atoms with Crippen molar-refractivity contribution in [2.45, 2.75) is 0 Å². The van der Waals surface area contributed by atoms with Crippen molar-refractivity contribution in [2.75, 3.05) is 17.4 Å². The second-order valence-electron chi connectivity index (χ2n) is 7.27. The van der Waals surface area contributed by atoms with E-state index in [4.69, 9.17) is 13.9 Å². The summed E-state index contributed by atoms with van der Waals surface area (Å²) in [6.45, 7) is 0.0833. The van der Waals surface area contributed by atoms with Crippen LogP contribution in [0.5, 0.6) is 17.2 Å². The van der Waals surface area contributed by atoms with Crippen LogP contribution in [0.2, 0.25) is 0 Å². The fourth-order valence-corrected chi connectivity index (χ4v) is 3.46. The van der Waals surface area contributed by atoms with Gasteiger partial charge < -0.3 is 29.6 Å². The van der Waals surface area contributed by atoms with Gasteiger partial charge in [-0.3, -0.25) is 14.9 Å². The summed E-state index contributed by atoms with van der Waals surface area (Å²) >= 11 is 0. The zero-order valence-corrected chi connectivity index (χ0v) is 17.2. The molecule has 0 saturated carbocycles. The Kier molecular flexibility index (Phi) is 4.98. The van der Waals surface area contributed by atoms with Crippen molar-refractivity contribution in [3.8, 4) is 28.6 Å². The minimum atomic E-state index is -0.673. The largest absolute Gasteiger partial charge is 0.502 e. The number of hydrogen-bond acceptors (Lipinski definition) is 8. The first kappa shape index (κ1) is 20.8. The maximum absolute atomic E-state index is 12.8. The Bertz CT molecular complexity index is 1510. The Morgan fingerprint density at radius 3 is 2.41 bits per heavy atom. The molecule has 0 radical (unpaired) electrons. The lowest BCUT2D eigenvalue weighted by atomic mass is 10.1. The average molecular weight is 461 g/mol. The van der Waals surface area contributed by atoms with Crippen LogP contribution in [-0.2, 0) is 0 Å². The number of amides is 2. The van der Waals surface area contributed by atoms with Crippen LogP contribution in [0.25, 0.3) is 22.3 Å². The lowest BCUT2D eigenvalue weighted by Gasteiger charge is -2.10. The molecular weight excluding hydrogens is 446 g/mol. The number of anilines is 2. The summed E-state index contributed by atoms with van der Waals surface area (Å²) in [6, 6.07) is 14.0. The van der Waals surface area contributed by atoms with Crippen molar-refractivity contribution in [2.24, 2.45) is 0 Å². The third-order valence-corrected chi connectivity index (χ3v) is 5.09. The minimum Gasteiger partial charge on any atom is -0.502 e. The third-order valence-electron chi connectivity index (χ3n) is 5.09. The quantitative estimate of drug-likeness (QED) is 0.298. The molecule has 3 aromatic carbocycles. The molecule has 0 spiro atoms. The van der Waals surface area contributed by atoms with E-state index in [0.29, 0.717) is 22.7 Å². The highest BCUT2D eigenvalue weighted by Gasteiger charge is 2.20. The first-order valence-corrected chi connectivity index (χ1v) is 9.91. The summed E-state index contributed by atoms with van der Waals surface area (Å²) in [6.07, 6.45) is 0. The van der Waals surface area contributed by atoms with Gasteiger partial charge in [-0.25, -0.2) is 4.79 Å². The number of non-ortho nitro benzene ring substituents is 1. The monoisotopic (exact) mass is 461 g/mol. The maximum Gasteiger partial charge on any atom is 0.323 e. The van der Waals surface area contributed by atoms with Gasteiger partial charge in [-0.2, -0.15) is 0 Å². The van der Waals surface area contributed by atoms with Crippen LogP contribution in [0, 0.1) is 10.1 Å². The van der Waals surface area contributed by atoms with E-state index >= 15 is 0 Å². The fraction of sp³-hybridized carbons (Fsp3) is 0.0435. The number of nitrogens with zero attached hydrogens (tertiary/aromatic N) is 1. The molecule has 0 unspecified atom stereocenters. The number of fused-ring (bicyclic) bond motifs is 2. The average Bonchev–Trinajstić information content (AvgIpc) is 3.30. The Labute approximate surface area is 190 Å². The van der Waals surface area contributed by atoms with Gasteiger partial charge in [-0.1, -0.05) is 0 Å². The van der Waals surface area contributed by atoms with E-state index in [9.17, 15) is 24.8 Å². The summed E-state index contributed by atoms with van der Waals surface area (Å²) in [5.74, 6) is 0.415. The second kappa shape index (κ2) is 8.13. The molecule has 1 aliphatic heterocycles. The van der Waals surface area contributed by atoms with Gasteiger partial charge in [0.25, 0.3) is 5.69 Å². The number of carbonyl (C=O) groups is 1. The highest BCUT2D eigenvalue weighted by atomic mass is 16.7. The Morgan fingerprint density at radius 2 is 1.65 bits per heavy atom. The van der Waals surface area contributed by atoms with Gasteiger partial charge in [-0.15, -0.1) is 0 Å². The van der Waals surface area contributed by atoms with Crippen molar-refractivity contribution in [1.82, 2.24) is 0 Å². The zero-order valence-electron chi connectivity index (χ0n) is 17.2. The maximum atomic E-state index is 12.8. The van der Waals surface area contributed by atoms with Crippen LogP contribution in [0.1, 0.15) is 0 Å². The van der Waals surface area contributed by atoms with Crippen LogP contribution in [0.4, 0.5) is 21.9 Å². The SMILES string of the molecule is O=C(Nc1ccc([N+](=O)[O-])cc1)Nc1ccc2oc(-c3ccc4c(c3)OCO4)c(O)c(=O)c2c1. The number of carbonyl (C=O) groups excluding carboxylic acids is 1. The summed E-state index contributed by atoms with van der Waals surface area (Å²) in [4.78, 5) is 35.3. The molecule has 11 heteroatoms. The van der Waals surface area contributed by atoms with Gasteiger partial charge in [0, 0.05) is 29.1 Å². The highest BCUT2D eigenvalue weighted by Crippen LogP contribution is 2.38. The Balaban J connectivity index is 1.39. The molecule has 0 saturated heterocycles. The highest BCUT2D eigenvalue weighted by molar-refractivity contribution is 6.01. The van der Waals surface area contributed by atoms with Crippen LogP contribution in [-0.4, -0.2) is 22.9 Å². The lowest BCUT2D eigenvalue weighted by Crippen LogP contribution is -2.19. The molecule has 2 amide bonds. The smallest absolute Gasteiger partial charge is 0.323 e. The normalized spacial score (nSPS) is 11.9. The predicted octanol–water partition coefficient (Wildman–Crippen LogP) is 4.45. The molecule has 0 bridgehead atoms. The molecule has 0 atom stereocenters. The van der Waals surface area contributed by atoms with E-state index in [2.05, 4.69) is 10.6 Å². The van der Waals surface area contributed by atoms with E-state index in [1.54, 1.807) is 18.2 Å². The minimum absolute atomic E-state index is 0.0209. The molecule has 2 heterocycles. The molecule has 5 rings (SSSR count). The van der Waals surface area contributed by atoms with Crippen molar-refractivity contribution in [3.63, 3.8) is 0 Å². The van der Waals surface area contributed by atoms with E-state index in [1.165, 1.54) is 42.5 Å². The molecule has 4 aromatic rings. The zero-order chi connectivity index (χ0) is 23.8. The van der Waals surface area contributed by atoms with Gasteiger partial charge in [0.05, 0.1) is 10.3 Å². The van der Waals surface area contributed by atoms with Crippen molar-refractivity contribution >= 4 is 34.1 Å². The third kappa shape index (κ3) is 3.81. The summed E-state index contributed by atoms with van der Waals surface area (Å²) < 4.78 is 16.4. The number of benzene rings is 3. The van der Waals surface area contributed by atoms with Gasteiger partial charge >= 0.3 is 6.03 Å². The molecule has 0 aliphatic carbocycles. The van der Waals surface area contributed by atoms with Crippen LogP contribution >= 0.6 is 0 Å². The molecule has 34 heavy (non-hydrogen) atoms. The lowest BCUT2D eigenvalue weighted by molar-refractivity contribution is -0.384. The van der Waals surface area contributed by atoms with E-state index in [1.807, 2.05) is 0 Å². The second-order valence-corrected chi connectivity index (χ2v) is 7.27. The van der Waals surface area contributed by atoms with Gasteiger partial charge in [0.2, 0.25) is 18.0 Å². The molecule has 1 aliphatic rings. The van der Waals surface area contributed by atoms with Gasteiger partial charge in [0.15, 0.2) is 17.3 Å². The predicted molar refractivity (Wildman–Crippen MR) is 121 cm³/mol. The number of nitro benzene ring substituents is 1. The molecule has 1 aromatic heterocycles. The molecule has 3 N–H and O–H groups in total. The molecular formula is C23H15N3O8. The van der Waals surface area contributed by atoms with Crippen molar-refractivity contribution in [1.29, 1.82) is 0 Å².